The van der Waals surface area contributed by atoms with Gasteiger partial charge in [-0.15, -0.1) is 11.3 Å². The molecule has 1 aliphatic heterocycles. The number of fused-ring (bicyclic) bond motifs is 1. The second kappa shape index (κ2) is 5.74. The van der Waals surface area contributed by atoms with Crippen LogP contribution in [-0.4, -0.2) is 35.6 Å². The molecule has 0 radical (unpaired) electrons. The van der Waals surface area contributed by atoms with E-state index in [1.54, 1.807) is 11.6 Å². The highest BCUT2D eigenvalue weighted by molar-refractivity contribution is 7.13. The van der Waals surface area contributed by atoms with Crippen LogP contribution < -0.4 is 10.2 Å². The van der Waals surface area contributed by atoms with Gasteiger partial charge < -0.3 is 14.6 Å². The predicted octanol–water partition coefficient (Wildman–Crippen LogP) is 3.54. The molecular weight excluding hydrogens is 339 g/mol. The quantitative estimate of drug-likeness (QED) is 0.764. The smallest absolute Gasteiger partial charge is 0.298 e. The summed E-state index contributed by atoms with van der Waals surface area (Å²) in [6.07, 6.45) is 1.63. The summed E-state index contributed by atoms with van der Waals surface area (Å²) in [6.45, 7) is 4.60. The van der Waals surface area contributed by atoms with Crippen LogP contribution in [-0.2, 0) is 0 Å². The van der Waals surface area contributed by atoms with E-state index in [1.165, 1.54) is 17.4 Å². The van der Waals surface area contributed by atoms with E-state index >= 15 is 0 Å². The van der Waals surface area contributed by atoms with E-state index < -0.39 is 5.82 Å². The van der Waals surface area contributed by atoms with Gasteiger partial charge in [0.25, 0.3) is 6.01 Å². The molecule has 1 aromatic carbocycles. The van der Waals surface area contributed by atoms with Gasteiger partial charge >= 0.3 is 0 Å². The number of halogens is 2. The highest BCUT2D eigenvalue weighted by Crippen LogP contribution is 2.38. The van der Waals surface area contributed by atoms with Crippen LogP contribution in [0.3, 0.4) is 0 Å². The molecule has 3 aromatic rings. The highest BCUT2D eigenvalue weighted by Gasteiger charge is 2.26. The van der Waals surface area contributed by atoms with Crippen LogP contribution in [0.5, 0.6) is 0 Å². The number of hydrogen-bond acceptors (Lipinski definition) is 6. The Morgan fingerprint density at radius 2 is 2.39 bits per heavy atom. The van der Waals surface area contributed by atoms with Crippen molar-refractivity contribution < 1.29 is 8.81 Å². The Hall–Kier alpha value is -1.70. The Balaban J connectivity index is 1.90. The van der Waals surface area contributed by atoms with Crippen LogP contribution in [0.25, 0.3) is 21.7 Å². The summed E-state index contributed by atoms with van der Waals surface area (Å²) in [5, 5.41) is 5.67. The summed E-state index contributed by atoms with van der Waals surface area (Å²) in [4.78, 5) is 10.8. The number of oxazole rings is 1. The van der Waals surface area contributed by atoms with E-state index in [4.69, 9.17) is 16.0 Å². The monoisotopic (exact) mass is 352 g/mol. The molecule has 1 aliphatic rings. The van der Waals surface area contributed by atoms with Crippen LogP contribution in [0.2, 0.25) is 5.02 Å². The first-order valence-corrected chi connectivity index (χ1v) is 8.56. The molecule has 0 saturated carbocycles. The fourth-order valence-electron chi connectivity index (χ4n) is 2.79. The summed E-state index contributed by atoms with van der Waals surface area (Å²) in [7, 11) is 0. The number of rotatable bonds is 2. The van der Waals surface area contributed by atoms with E-state index in [9.17, 15) is 4.39 Å². The minimum absolute atomic E-state index is 0.0240. The van der Waals surface area contributed by atoms with Gasteiger partial charge in [-0.2, -0.15) is 4.98 Å². The molecule has 8 heteroatoms. The molecule has 0 bridgehead atoms. The summed E-state index contributed by atoms with van der Waals surface area (Å²) < 4.78 is 20.5. The Morgan fingerprint density at radius 1 is 1.52 bits per heavy atom. The molecule has 4 rings (SSSR count). The molecule has 1 N–H and O–H groups in total. The second-order valence-corrected chi connectivity index (χ2v) is 6.78. The van der Waals surface area contributed by atoms with Gasteiger partial charge in [-0.3, -0.25) is 0 Å². The van der Waals surface area contributed by atoms with E-state index in [-0.39, 0.29) is 16.6 Å². The summed E-state index contributed by atoms with van der Waals surface area (Å²) in [5.74, 6) is -0.523. The maximum atomic E-state index is 14.5. The third-order valence-electron chi connectivity index (χ3n) is 3.95. The van der Waals surface area contributed by atoms with Gasteiger partial charge in [-0.1, -0.05) is 11.6 Å². The van der Waals surface area contributed by atoms with Gasteiger partial charge in [0.15, 0.2) is 11.4 Å². The number of benzene rings is 1. The van der Waals surface area contributed by atoms with Crippen molar-refractivity contribution in [2.45, 2.75) is 13.0 Å². The Bertz CT molecular complexity index is 851. The SMILES string of the molecule is C[C@H]1CNCCN1c1nc2cc(Cl)c(F)c(-c3nccs3)c2o1. The number of anilines is 1. The van der Waals surface area contributed by atoms with Gasteiger partial charge in [0.2, 0.25) is 0 Å². The fraction of sp³-hybridized carbons (Fsp3) is 0.333. The van der Waals surface area contributed by atoms with Crippen LogP contribution in [0.1, 0.15) is 6.92 Å². The largest absolute Gasteiger partial charge is 0.423 e. The van der Waals surface area contributed by atoms with Crippen molar-refractivity contribution in [1.82, 2.24) is 15.3 Å². The second-order valence-electron chi connectivity index (χ2n) is 5.48. The minimum atomic E-state index is -0.523. The molecule has 2 aromatic heterocycles. The zero-order chi connectivity index (χ0) is 16.0. The predicted molar refractivity (Wildman–Crippen MR) is 89.8 cm³/mol. The molecule has 1 fully saturated rings. The molecule has 120 valence electrons. The summed E-state index contributed by atoms with van der Waals surface area (Å²) in [5.41, 5.74) is 1.22. The number of piperazine rings is 1. The van der Waals surface area contributed by atoms with Gasteiger partial charge in [0, 0.05) is 37.3 Å². The number of thiazole rings is 1. The number of aromatic nitrogens is 2. The molecule has 1 saturated heterocycles. The summed E-state index contributed by atoms with van der Waals surface area (Å²) in [6, 6.07) is 2.25. The first-order valence-electron chi connectivity index (χ1n) is 7.31. The molecule has 23 heavy (non-hydrogen) atoms. The maximum absolute atomic E-state index is 14.5. The molecular formula is C15H14ClFN4OS. The van der Waals surface area contributed by atoms with Gasteiger partial charge in [0.05, 0.1) is 10.6 Å². The molecule has 0 unspecified atom stereocenters. The van der Waals surface area contributed by atoms with Crippen molar-refractivity contribution in [3.05, 3.63) is 28.5 Å². The average Bonchev–Trinajstić information content (AvgIpc) is 3.18. The molecule has 5 nitrogen and oxygen atoms in total. The van der Waals surface area contributed by atoms with Crippen LogP contribution in [0, 0.1) is 5.82 Å². The molecule has 1 atom stereocenters. The average molecular weight is 353 g/mol. The van der Waals surface area contributed by atoms with Crippen molar-refractivity contribution in [2.24, 2.45) is 0 Å². The van der Waals surface area contributed by atoms with E-state index in [2.05, 4.69) is 27.1 Å². The van der Waals surface area contributed by atoms with Gasteiger partial charge in [-0.05, 0) is 13.0 Å². The number of hydrogen-bond donors (Lipinski definition) is 1. The standard InChI is InChI=1S/C15H14ClFN4OS/c1-8-7-18-2-4-21(8)15-20-10-6-9(16)12(17)11(13(10)22-15)14-19-3-5-23-14/h3,5-6,8,18H,2,4,7H2,1H3/t8-/m0/s1. The Labute approximate surface area is 141 Å². The van der Waals surface area contributed by atoms with E-state index in [0.717, 1.165) is 19.6 Å². The first-order chi connectivity index (χ1) is 11.1. The van der Waals surface area contributed by atoms with E-state index in [1.807, 2.05) is 0 Å². The molecule has 0 spiro atoms. The zero-order valence-electron chi connectivity index (χ0n) is 12.3. The third-order valence-corrected chi connectivity index (χ3v) is 5.02. The first kappa shape index (κ1) is 14.9. The third kappa shape index (κ3) is 2.49. The molecule has 3 heterocycles. The molecule has 0 aliphatic carbocycles. The van der Waals surface area contributed by atoms with Crippen molar-refractivity contribution in [3.8, 4) is 10.6 Å². The highest BCUT2D eigenvalue weighted by atomic mass is 35.5. The van der Waals surface area contributed by atoms with Gasteiger partial charge in [-0.25, -0.2) is 9.37 Å². The lowest BCUT2D eigenvalue weighted by molar-refractivity contribution is 0.456. The lowest BCUT2D eigenvalue weighted by atomic mass is 10.2. The number of nitrogens with zero attached hydrogens (tertiary/aromatic N) is 3. The fourth-order valence-corrected chi connectivity index (χ4v) is 3.66. The maximum Gasteiger partial charge on any atom is 0.298 e. The summed E-state index contributed by atoms with van der Waals surface area (Å²) >= 11 is 7.37. The minimum Gasteiger partial charge on any atom is -0.423 e. The van der Waals surface area contributed by atoms with Crippen molar-refractivity contribution >= 4 is 40.1 Å². The lowest BCUT2D eigenvalue weighted by Crippen LogP contribution is -2.50. The van der Waals surface area contributed by atoms with Crippen molar-refractivity contribution in [1.29, 1.82) is 0 Å². The van der Waals surface area contributed by atoms with Crippen LogP contribution in [0.15, 0.2) is 22.1 Å². The van der Waals surface area contributed by atoms with Crippen molar-refractivity contribution in [2.75, 3.05) is 24.5 Å². The van der Waals surface area contributed by atoms with Crippen molar-refractivity contribution in [3.63, 3.8) is 0 Å². The Kier molecular flexibility index (Phi) is 3.71. The zero-order valence-corrected chi connectivity index (χ0v) is 13.9. The topological polar surface area (TPSA) is 54.2 Å². The number of nitrogens with one attached hydrogen (secondary N) is 1. The van der Waals surface area contributed by atoms with Gasteiger partial charge in [0.1, 0.15) is 10.5 Å². The lowest BCUT2D eigenvalue weighted by Gasteiger charge is -2.32. The Morgan fingerprint density at radius 3 is 3.13 bits per heavy atom. The normalized spacial score (nSPS) is 18.7. The van der Waals surface area contributed by atoms with Crippen LogP contribution >= 0.6 is 22.9 Å². The van der Waals surface area contributed by atoms with E-state index in [0.29, 0.717) is 22.1 Å². The molecule has 0 amide bonds. The van der Waals surface area contributed by atoms with Crippen LogP contribution in [0.4, 0.5) is 10.4 Å².